The maximum Gasteiger partial charge on any atom is 0.272 e. The van der Waals surface area contributed by atoms with Gasteiger partial charge in [-0.25, -0.2) is 18.7 Å². The van der Waals surface area contributed by atoms with Gasteiger partial charge in [-0.1, -0.05) is 6.07 Å². The molecular formula is C13H11ClF2N6O. The first-order valence-electron chi connectivity index (χ1n) is 6.53. The number of ether oxygens (including phenoxy) is 1. The molecular weight excluding hydrogens is 330 g/mol. The highest BCUT2D eigenvalue weighted by molar-refractivity contribution is 6.28. The molecule has 0 aromatic carbocycles. The summed E-state index contributed by atoms with van der Waals surface area (Å²) in [4.78, 5) is 16.2. The average molecular weight is 341 g/mol. The number of nitrogens with two attached hydrogens (primary N) is 1. The molecule has 7 nitrogen and oxygen atoms in total. The Bertz CT molecular complexity index is 840. The van der Waals surface area contributed by atoms with Gasteiger partial charge in [0.25, 0.3) is 6.43 Å². The quantitative estimate of drug-likeness (QED) is 0.715. The van der Waals surface area contributed by atoms with Crippen molar-refractivity contribution in [1.29, 1.82) is 0 Å². The lowest BCUT2D eigenvalue weighted by Gasteiger charge is -2.07. The summed E-state index contributed by atoms with van der Waals surface area (Å²) in [5.74, 6) is 0.306. The van der Waals surface area contributed by atoms with Gasteiger partial charge in [0.05, 0.1) is 18.6 Å². The van der Waals surface area contributed by atoms with Crippen LogP contribution in [-0.4, -0.2) is 37.5 Å². The predicted octanol–water partition coefficient (Wildman–Crippen LogP) is 2.15. The highest BCUT2D eigenvalue weighted by Crippen LogP contribution is 2.19. The second kappa shape index (κ2) is 6.29. The number of nitrogen functional groups attached to an aromatic ring is 1. The van der Waals surface area contributed by atoms with Gasteiger partial charge >= 0.3 is 0 Å². The molecule has 0 atom stereocenters. The summed E-state index contributed by atoms with van der Waals surface area (Å²) in [5, 5.41) is 0.0127. The molecule has 3 heterocycles. The van der Waals surface area contributed by atoms with E-state index in [1.165, 1.54) is 12.4 Å². The molecule has 3 aromatic rings. The third-order valence-electron chi connectivity index (χ3n) is 2.93. The summed E-state index contributed by atoms with van der Waals surface area (Å²) in [5.41, 5.74) is 7.22. The summed E-state index contributed by atoms with van der Waals surface area (Å²) in [7, 11) is 0. The number of alkyl halides is 2. The van der Waals surface area contributed by atoms with Crippen LogP contribution in [0.1, 0.15) is 5.69 Å². The Hall–Kier alpha value is -2.55. The zero-order valence-electron chi connectivity index (χ0n) is 11.7. The van der Waals surface area contributed by atoms with Gasteiger partial charge in [-0.15, -0.1) is 0 Å². The average Bonchev–Trinajstić information content (AvgIpc) is 2.89. The van der Waals surface area contributed by atoms with Crippen LogP contribution in [0, 0.1) is 0 Å². The molecule has 23 heavy (non-hydrogen) atoms. The smallest absolute Gasteiger partial charge is 0.272 e. The Morgan fingerprint density at radius 1 is 1.26 bits per heavy atom. The lowest BCUT2D eigenvalue weighted by molar-refractivity contribution is 0.0795. The molecule has 0 bridgehead atoms. The highest BCUT2D eigenvalue weighted by atomic mass is 35.5. The van der Waals surface area contributed by atoms with Crippen LogP contribution < -0.4 is 10.5 Å². The fourth-order valence-electron chi connectivity index (χ4n) is 2.00. The SMILES string of the molecule is Nc1nc(Cl)nc2c1ncn2Cc1cccc(OCC(F)F)n1. The van der Waals surface area contributed by atoms with E-state index < -0.39 is 13.0 Å². The molecule has 0 fully saturated rings. The van der Waals surface area contributed by atoms with Crippen molar-refractivity contribution in [1.82, 2.24) is 24.5 Å². The van der Waals surface area contributed by atoms with Crippen LogP contribution >= 0.6 is 11.6 Å². The summed E-state index contributed by atoms with van der Waals surface area (Å²) in [6.45, 7) is -0.404. The van der Waals surface area contributed by atoms with E-state index in [9.17, 15) is 8.78 Å². The van der Waals surface area contributed by atoms with E-state index in [2.05, 4.69) is 19.9 Å². The molecule has 0 aliphatic heterocycles. The molecule has 10 heteroatoms. The van der Waals surface area contributed by atoms with Crippen molar-refractivity contribution in [2.45, 2.75) is 13.0 Å². The molecule has 2 N–H and O–H groups in total. The maximum atomic E-state index is 12.2. The minimum atomic E-state index is -2.56. The first-order chi connectivity index (χ1) is 11.0. The number of aromatic nitrogens is 5. The van der Waals surface area contributed by atoms with Crippen LogP contribution in [0.2, 0.25) is 5.28 Å². The normalized spacial score (nSPS) is 11.3. The molecule has 0 aliphatic carbocycles. The number of anilines is 1. The molecule has 0 amide bonds. The number of nitrogens with zero attached hydrogens (tertiary/aromatic N) is 5. The largest absolute Gasteiger partial charge is 0.472 e. The van der Waals surface area contributed by atoms with Gasteiger partial charge < -0.3 is 15.0 Å². The molecule has 0 aliphatic rings. The first kappa shape index (κ1) is 15.3. The van der Waals surface area contributed by atoms with Gasteiger partial charge in [0.1, 0.15) is 5.52 Å². The van der Waals surface area contributed by atoms with Gasteiger partial charge in [-0.2, -0.15) is 9.97 Å². The standard InChI is InChI=1S/C13H11ClF2N6O/c14-13-20-11(17)10-12(21-13)22(6-18-10)4-7-2-1-3-9(19-7)23-5-8(15)16/h1-3,6,8H,4-5H2,(H2,17,20,21). The molecule has 0 saturated carbocycles. The van der Waals surface area contributed by atoms with E-state index in [1.54, 1.807) is 16.7 Å². The highest BCUT2D eigenvalue weighted by Gasteiger charge is 2.11. The van der Waals surface area contributed by atoms with Crippen molar-refractivity contribution < 1.29 is 13.5 Å². The lowest BCUT2D eigenvalue weighted by atomic mass is 10.3. The second-order valence-corrected chi connectivity index (χ2v) is 4.93. The van der Waals surface area contributed by atoms with E-state index in [4.69, 9.17) is 22.1 Å². The third kappa shape index (κ3) is 3.45. The predicted molar refractivity (Wildman–Crippen MR) is 79.6 cm³/mol. The molecule has 0 spiro atoms. The van der Waals surface area contributed by atoms with Crippen LogP contribution in [0.5, 0.6) is 5.88 Å². The monoisotopic (exact) mass is 340 g/mol. The van der Waals surface area contributed by atoms with Crippen molar-refractivity contribution in [2.24, 2.45) is 0 Å². The zero-order valence-corrected chi connectivity index (χ0v) is 12.4. The van der Waals surface area contributed by atoms with E-state index in [-0.39, 0.29) is 17.0 Å². The van der Waals surface area contributed by atoms with Gasteiger partial charge in [0.15, 0.2) is 18.1 Å². The van der Waals surface area contributed by atoms with Crippen LogP contribution in [0.15, 0.2) is 24.5 Å². The van der Waals surface area contributed by atoms with Crippen LogP contribution in [-0.2, 0) is 6.54 Å². The Kier molecular flexibility index (Phi) is 4.20. The van der Waals surface area contributed by atoms with E-state index >= 15 is 0 Å². The maximum absolute atomic E-state index is 12.2. The van der Waals surface area contributed by atoms with Gasteiger partial charge in [0.2, 0.25) is 11.2 Å². The Morgan fingerprint density at radius 3 is 2.87 bits per heavy atom. The summed E-state index contributed by atoms with van der Waals surface area (Å²) in [6.07, 6.45) is -1.03. The van der Waals surface area contributed by atoms with Gasteiger partial charge in [-0.05, 0) is 17.7 Å². The lowest BCUT2D eigenvalue weighted by Crippen LogP contribution is -2.09. The molecule has 0 saturated heterocycles. The van der Waals surface area contributed by atoms with Crippen molar-refractivity contribution in [3.63, 3.8) is 0 Å². The Labute approximate surface area is 134 Å². The molecule has 0 radical (unpaired) electrons. The summed E-state index contributed by atoms with van der Waals surface area (Å²) >= 11 is 5.80. The van der Waals surface area contributed by atoms with Crippen molar-refractivity contribution in [2.75, 3.05) is 12.3 Å². The Morgan fingerprint density at radius 2 is 2.09 bits per heavy atom. The van der Waals surface area contributed by atoms with Crippen molar-refractivity contribution >= 4 is 28.6 Å². The van der Waals surface area contributed by atoms with E-state index in [1.807, 2.05) is 0 Å². The number of fused-ring (bicyclic) bond motifs is 1. The van der Waals surface area contributed by atoms with Gasteiger partial charge in [-0.3, -0.25) is 0 Å². The first-order valence-corrected chi connectivity index (χ1v) is 6.91. The number of hydrogen-bond acceptors (Lipinski definition) is 6. The number of pyridine rings is 1. The van der Waals surface area contributed by atoms with Crippen LogP contribution in [0.4, 0.5) is 14.6 Å². The minimum Gasteiger partial charge on any atom is -0.472 e. The van der Waals surface area contributed by atoms with E-state index in [0.29, 0.717) is 23.4 Å². The number of rotatable bonds is 5. The van der Waals surface area contributed by atoms with Crippen LogP contribution in [0.3, 0.4) is 0 Å². The number of imidazole rings is 1. The fraction of sp³-hybridized carbons (Fsp3) is 0.231. The molecule has 3 aromatic heterocycles. The van der Waals surface area contributed by atoms with Crippen molar-refractivity contribution in [3.8, 4) is 5.88 Å². The number of hydrogen-bond donors (Lipinski definition) is 1. The number of halogens is 3. The van der Waals surface area contributed by atoms with E-state index in [0.717, 1.165) is 0 Å². The second-order valence-electron chi connectivity index (χ2n) is 4.59. The van der Waals surface area contributed by atoms with Crippen LogP contribution in [0.25, 0.3) is 11.2 Å². The zero-order chi connectivity index (χ0) is 16.4. The summed E-state index contributed by atoms with van der Waals surface area (Å²) in [6, 6.07) is 4.90. The summed E-state index contributed by atoms with van der Waals surface area (Å²) < 4.78 is 30.9. The minimum absolute atomic E-state index is 0.0127. The molecule has 120 valence electrons. The topological polar surface area (TPSA) is 91.7 Å². The molecule has 0 unspecified atom stereocenters. The third-order valence-corrected chi connectivity index (χ3v) is 3.10. The fourth-order valence-corrected chi connectivity index (χ4v) is 2.17. The van der Waals surface area contributed by atoms with Crippen molar-refractivity contribution in [3.05, 3.63) is 35.5 Å². The van der Waals surface area contributed by atoms with Gasteiger partial charge in [0, 0.05) is 6.07 Å². The Balaban J connectivity index is 1.86. The molecule has 3 rings (SSSR count).